The molecule has 0 spiro atoms. The van der Waals surface area contributed by atoms with Crippen LogP contribution < -0.4 is 0 Å². The van der Waals surface area contributed by atoms with Gasteiger partial charge in [0, 0.05) is 11.8 Å². The van der Waals surface area contributed by atoms with Gasteiger partial charge in [0.1, 0.15) is 6.10 Å². The van der Waals surface area contributed by atoms with Gasteiger partial charge in [-0.2, -0.15) is 0 Å². The minimum atomic E-state index is -2.09. The molecule has 0 unspecified atom stereocenters. The van der Waals surface area contributed by atoms with Crippen LogP contribution in [0.15, 0.2) is 12.7 Å². The zero-order chi connectivity index (χ0) is 24.3. The summed E-state index contributed by atoms with van der Waals surface area (Å²) in [5.74, 6) is 2.81. The van der Waals surface area contributed by atoms with Gasteiger partial charge in [0.15, 0.2) is 16.6 Å². The Morgan fingerprint density at radius 1 is 1.03 bits per heavy atom. The molecule has 0 heterocycles. The second-order valence-electron chi connectivity index (χ2n) is 12.3. The zero-order valence-corrected chi connectivity index (χ0v) is 23.8. The molecule has 1 aliphatic carbocycles. The highest BCUT2D eigenvalue weighted by molar-refractivity contribution is 6.74. The van der Waals surface area contributed by atoms with Crippen LogP contribution in [0.4, 0.5) is 0 Å². The fourth-order valence-corrected chi connectivity index (χ4v) is 5.47. The lowest BCUT2D eigenvalue weighted by molar-refractivity contribution is -0.0916. The summed E-state index contributed by atoms with van der Waals surface area (Å²) in [6.45, 7) is 27.0. The molecule has 1 rings (SSSR count). The summed E-state index contributed by atoms with van der Waals surface area (Å²) in [6.07, 6.45) is 9.10. The van der Waals surface area contributed by atoms with Crippen molar-refractivity contribution in [3.8, 4) is 12.3 Å². The van der Waals surface area contributed by atoms with Gasteiger partial charge in [0.05, 0.1) is 25.4 Å². The van der Waals surface area contributed by atoms with Crippen LogP contribution in [0.5, 0.6) is 0 Å². The molecule has 0 radical (unpaired) electrons. The van der Waals surface area contributed by atoms with E-state index in [0.29, 0.717) is 13.0 Å². The fraction of sp³-hybridized carbons (Fsp3) is 0.840. The van der Waals surface area contributed by atoms with E-state index in [1.807, 2.05) is 6.08 Å². The van der Waals surface area contributed by atoms with E-state index >= 15 is 0 Å². The van der Waals surface area contributed by atoms with E-state index in [1.165, 1.54) is 0 Å². The Balaban J connectivity index is 3.27. The second kappa shape index (κ2) is 10.2. The first-order valence-electron chi connectivity index (χ1n) is 11.6. The summed E-state index contributed by atoms with van der Waals surface area (Å²) in [7, 11) is -4.17. The van der Waals surface area contributed by atoms with E-state index in [9.17, 15) is 5.11 Å². The molecule has 0 saturated heterocycles. The van der Waals surface area contributed by atoms with Crippen LogP contribution in [0.25, 0.3) is 0 Å². The summed E-state index contributed by atoms with van der Waals surface area (Å²) in [6, 6.07) is 0. The third-order valence-electron chi connectivity index (χ3n) is 7.61. The van der Waals surface area contributed by atoms with Crippen LogP contribution in [0.3, 0.4) is 0 Å². The Labute approximate surface area is 194 Å². The molecule has 0 aliphatic heterocycles. The Morgan fingerprint density at radius 3 is 1.87 bits per heavy atom. The fourth-order valence-electron chi connectivity index (χ4n) is 2.87. The van der Waals surface area contributed by atoms with E-state index < -0.39 is 16.6 Å². The largest absolute Gasteiger partial charge is 0.410 e. The molecule has 180 valence electrons. The maximum Gasteiger partial charge on any atom is 0.193 e. The molecule has 0 aromatic carbocycles. The predicted molar refractivity (Wildman–Crippen MR) is 136 cm³/mol. The van der Waals surface area contributed by atoms with Crippen LogP contribution >= 0.6 is 0 Å². The molecule has 3 atom stereocenters. The van der Waals surface area contributed by atoms with Crippen LogP contribution in [0.1, 0.15) is 60.8 Å². The number of aliphatic hydroxyl groups is 1. The summed E-state index contributed by atoms with van der Waals surface area (Å²) < 4.78 is 20.1. The molecule has 0 aromatic heterocycles. The second-order valence-corrected chi connectivity index (χ2v) is 21.8. The highest BCUT2D eigenvalue weighted by Gasteiger charge is 2.47. The minimum Gasteiger partial charge on any atom is -0.410 e. The Kier molecular flexibility index (Phi) is 9.44. The lowest BCUT2D eigenvalue weighted by Crippen LogP contribution is -2.54. The van der Waals surface area contributed by atoms with Gasteiger partial charge in [-0.1, -0.05) is 47.6 Å². The Bertz CT molecular complexity index is 633. The van der Waals surface area contributed by atoms with Crippen LogP contribution in [-0.4, -0.2) is 53.3 Å². The van der Waals surface area contributed by atoms with Crippen molar-refractivity contribution < 1.29 is 18.7 Å². The van der Waals surface area contributed by atoms with E-state index in [2.05, 4.69) is 80.2 Å². The van der Waals surface area contributed by atoms with E-state index in [1.54, 1.807) is 0 Å². The van der Waals surface area contributed by atoms with Gasteiger partial charge in [-0.05, 0) is 49.1 Å². The van der Waals surface area contributed by atoms with Crippen molar-refractivity contribution in [3.63, 3.8) is 0 Å². The zero-order valence-electron chi connectivity index (χ0n) is 21.8. The lowest BCUT2D eigenvalue weighted by atomic mass is 10.0. The highest BCUT2D eigenvalue weighted by Crippen LogP contribution is 2.46. The smallest absolute Gasteiger partial charge is 0.193 e. The molecule has 4 nitrogen and oxygen atoms in total. The molecule has 0 amide bonds. The van der Waals surface area contributed by atoms with Gasteiger partial charge in [-0.25, -0.2) is 0 Å². The molecule has 0 aromatic rings. The molecule has 0 bridgehead atoms. The molecule has 1 aliphatic rings. The third-order valence-corrected chi connectivity index (χ3v) is 16.6. The van der Waals surface area contributed by atoms with Gasteiger partial charge in [-0.3, -0.25) is 0 Å². The number of terminal acetylenes is 1. The first kappa shape index (κ1) is 28.6. The highest BCUT2D eigenvalue weighted by atomic mass is 28.4. The van der Waals surface area contributed by atoms with Crippen molar-refractivity contribution in [2.45, 2.75) is 115 Å². The molecule has 1 N–H and O–H groups in total. The van der Waals surface area contributed by atoms with Gasteiger partial charge < -0.3 is 18.7 Å². The molecule has 1 fully saturated rings. The first-order valence-corrected chi connectivity index (χ1v) is 17.4. The predicted octanol–water partition coefficient (Wildman–Crippen LogP) is 6.13. The monoisotopic (exact) mass is 468 g/mol. The number of ether oxygens (including phenoxy) is 1. The van der Waals surface area contributed by atoms with Crippen molar-refractivity contribution in [3.05, 3.63) is 12.7 Å². The van der Waals surface area contributed by atoms with Crippen molar-refractivity contribution in [1.29, 1.82) is 0 Å². The summed E-state index contributed by atoms with van der Waals surface area (Å²) in [5, 5.41) is 9.92. The topological polar surface area (TPSA) is 47.9 Å². The maximum atomic E-state index is 9.81. The summed E-state index contributed by atoms with van der Waals surface area (Å²) >= 11 is 0. The molecule has 1 saturated carbocycles. The standard InChI is InChI=1S/C25H48O4Si2/c1-13-15-21(29-31(11,12)24(6,7)8)22(27-19-25(18-26)16-17-25)20(14-2)28-30(9,10)23(3,4)5/h1,14,20-22,26H,2,15-19H2,3-12H3/t20-,21-,22-/m1/s1. The van der Waals surface area contributed by atoms with Crippen LogP contribution in [-0.2, 0) is 13.6 Å². The average molecular weight is 469 g/mol. The van der Waals surface area contributed by atoms with Gasteiger partial charge in [-0.15, -0.1) is 18.9 Å². The van der Waals surface area contributed by atoms with Crippen LogP contribution in [0.2, 0.25) is 36.3 Å². The molecule has 31 heavy (non-hydrogen) atoms. The molecular formula is C25H48O4Si2. The lowest BCUT2D eigenvalue weighted by Gasteiger charge is -2.45. The average Bonchev–Trinajstić information content (AvgIpc) is 3.39. The Hall–Kier alpha value is -0.426. The van der Waals surface area contributed by atoms with E-state index in [-0.39, 0.29) is 40.4 Å². The SMILES string of the molecule is C#CC[C@@H](O[Si](C)(C)C(C)(C)C)[C@H](OCC1(CO)CC1)[C@@H](C=C)O[Si](C)(C)C(C)(C)C. The summed E-state index contributed by atoms with van der Waals surface area (Å²) in [5.41, 5.74) is -0.126. The normalized spacial score (nSPS) is 19.9. The van der Waals surface area contributed by atoms with Crippen LogP contribution in [0, 0.1) is 17.8 Å². The maximum absolute atomic E-state index is 9.81. The molecular weight excluding hydrogens is 420 g/mol. The number of aliphatic hydroxyl groups excluding tert-OH is 1. The van der Waals surface area contributed by atoms with Crippen molar-refractivity contribution in [2.24, 2.45) is 5.41 Å². The number of hydrogen-bond acceptors (Lipinski definition) is 4. The third kappa shape index (κ3) is 7.55. The first-order chi connectivity index (χ1) is 14.0. The Morgan fingerprint density at radius 2 is 1.52 bits per heavy atom. The summed E-state index contributed by atoms with van der Waals surface area (Å²) in [4.78, 5) is 0. The van der Waals surface area contributed by atoms with Crippen molar-refractivity contribution in [1.82, 2.24) is 0 Å². The number of rotatable bonds is 12. The van der Waals surface area contributed by atoms with Gasteiger partial charge >= 0.3 is 0 Å². The van der Waals surface area contributed by atoms with Gasteiger partial charge in [0.2, 0.25) is 0 Å². The minimum absolute atomic E-state index is 0.0528. The van der Waals surface area contributed by atoms with Gasteiger partial charge in [0.25, 0.3) is 0 Å². The number of hydrogen-bond donors (Lipinski definition) is 1. The van der Waals surface area contributed by atoms with E-state index in [4.69, 9.17) is 20.0 Å². The van der Waals surface area contributed by atoms with Crippen molar-refractivity contribution >= 4 is 16.6 Å². The quantitative estimate of drug-likeness (QED) is 0.212. The molecule has 6 heteroatoms. The van der Waals surface area contributed by atoms with E-state index in [0.717, 1.165) is 12.8 Å². The van der Waals surface area contributed by atoms with Crippen molar-refractivity contribution in [2.75, 3.05) is 13.2 Å².